The van der Waals surface area contributed by atoms with Crippen LogP contribution < -0.4 is 4.74 Å². The van der Waals surface area contributed by atoms with Gasteiger partial charge in [0.05, 0.1) is 30.0 Å². The molecule has 150 valence electrons. The molecule has 1 aliphatic rings. The Morgan fingerprint density at radius 3 is 2.67 bits per heavy atom. The molecule has 0 fully saturated rings. The molecule has 1 heterocycles. The monoisotopic (exact) mass is 397 g/mol. The number of aromatic nitrogens is 1. The summed E-state index contributed by atoms with van der Waals surface area (Å²) in [7, 11) is 1.65. The van der Waals surface area contributed by atoms with E-state index in [1.807, 2.05) is 55.5 Å². The van der Waals surface area contributed by atoms with Gasteiger partial charge in [-0.1, -0.05) is 30.3 Å². The maximum atomic E-state index is 13.4. The molecule has 2 aromatic carbocycles. The van der Waals surface area contributed by atoms with Crippen LogP contribution in [0.3, 0.4) is 0 Å². The SMILES string of the molecule is CCN(CC#N)C(=O)c1c2c(nc3ccccc13)/C(=C\c1ccc(OC)cc1)CC2. The molecule has 0 bridgehead atoms. The van der Waals surface area contributed by atoms with Gasteiger partial charge in [-0.25, -0.2) is 4.98 Å². The van der Waals surface area contributed by atoms with Crippen LogP contribution in [0.15, 0.2) is 48.5 Å². The quantitative estimate of drug-likeness (QED) is 0.585. The number of pyridine rings is 1. The standard InChI is InChI=1S/C25H23N3O2/c1-3-28(15-14-26)25(29)23-20-6-4-5-7-22(20)27-24-18(10-13-21(23)24)16-17-8-11-19(30-2)12-9-17/h4-9,11-12,16H,3,10,13,15H2,1-2H3/b18-16-. The number of hydrogen-bond donors (Lipinski definition) is 0. The number of hydrogen-bond acceptors (Lipinski definition) is 4. The Labute approximate surface area is 176 Å². The zero-order valence-corrected chi connectivity index (χ0v) is 17.2. The number of allylic oxidation sites excluding steroid dienone is 1. The van der Waals surface area contributed by atoms with E-state index in [2.05, 4.69) is 12.1 Å². The van der Waals surface area contributed by atoms with Crippen LogP contribution in [0.2, 0.25) is 0 Å². The molecule has 0 N–H and O–H groups in total. The van der Waals surface area contributed by atoms with Gasteiger partial charge in [-0.15, -0.1) is 0 Å². The lowest BCUT2D eigenvalue weighted by atomic mass is 9.99. The third kappa shape index (κ3) is 3.53. The number of para-hydroxylation sites is 1. The Morgan fingerprint density at radius 1 is 1.20 bits per heavy atom. The predicted octanol–water partition coefficient (Wildman–Crippen LogP) is 4.72. The summed E-state index contributed by atoms with van der Waals surface area (Å²) in [5.74, 6) is 0.720. The van der Waals surface area contributed by atoms with Crippen LogP contribution in [-0.4, -0.2) is 36.0 Å². The first-order valence-electron chi connectivity index (χ1n) is 10.1. The number of ether oxygens (including phenoxy) is 1. The van der Waals surface area contributed by atoms with Crippen molar-refractivity contribution in [3.8, 4) is 11.8 Å². The minimum Gasteiger partial charge on any atom is -0.497 e. The minimum absolute atomic E-state index is 0.0787. The number of fused-ring (bicyclic) bond motifs is 2. The molecule has 0 radical (unpaired) electrons. The van der Waals surface area contributed by atoms with Crippen LogP contribution in [0.4, 0.5) is 0 Å². The fraction of sp³-hybridized carbons (Fsp3) is 0.240. The molecule has 5 heteroatoms. The smallest absolute Gasteiger partial charge is 0.255 e. The first-order valence-corrected chi connectivity index (χ1v) is 10.1. The fourth-order valence-electron chi connectivity index (χ4n) is 4.00. The average Bonchev–Trinajstić information content (AvgIpc) is 3.18. The van der Waals surface area contributed by atoms with Gasteiger partial charge < -0.3 is 9.64 Å². The van der Waals surface area contributed by atoms with Crippen LogP contribution in [0.1, 0.15) is 40.5 Å². The van der Waals surface area contributed by atoms with Crippen LogP contribution in [0, 0.1) is 11.3 Å². The largest absolute Gasteiger partial charge is 0.497 e. The number of nitriles is 1. The van der Waals surface area contributed by atoms with Crippen molar-refractivity contribution in [1.82, 2.24) is 9.88 Å². The van der Waals surface area contributed by atoms with Crippen molar-refractivity contribution in [2.24, 2.45) is 0 Å². The summed E-state index contributed by atoms with van der Waals surface area (Å²) in [6, 6.07) is 17.8. The fourth-order valence-corrected chi connectivity index (χ4v) is 4.00. The molecule has 1 amide bonds. The van der Waals surface area contributed by atoms with E-state index in [1.165, 1.54) is 0 Å². The Bertz CT molecular complexity index is 1170. The van der Waals surface area contributed by atoms with E-state index in [9.17, 15) is 4.79 Å². The van der Waals surface area contributed by atoms with Gasteiger partial charge in [0, 0.05) is 11.9 Å². The second-order valence-corrected chi connectivity index (χ2v) is 7.25. The summed E-state index contributed by atoms with van der Waals surface area (Å²) in [5, 5.41) is 9.99. The summed E-state index contributed by atoms with van der Waals surface area (Å²) in [5.41, 5.74) is 5.55. The highest BCUT2D eigenvalue weighted by Gasteiger charge is 2.28. The highest BCUT2D eigenvalue weighted by molar-refractivity contribution is 6.09. The number of nitrogens with zero attached hydrogens (tertiary/aromatic N) is 3. The van der Waals surface area contributed by atoms with Gasteiger partial charge in [-0.05, 0) is 60.7 Å². The molecule has 1 aliphatic carbocycles. The number of rotatable bonds is 5. The number of amides is 1. The third-order valence-corrected chi connectivity index (χ3v) is 5.54. The Kier molecular flexibility index (Phi) is 5.49. The van der Waals surface area contributed by atoms with Crippen molar-refractivity contribution in [2.45, 2.75) is 19.8 Å². The zero-order valence-electron chi connectivity index (χ0n) is 17.2. The molecule has 3 aromatic rings. The van der Waals surface area contributed by atoms with Crippen molar-refractivity contribution in [3.63, 3.8) is 0 Å². The molecule has 0 saturated carbocycles. The molecule has 5 nitrogen and oxygen atoms in total. The topological polar surface area (TPSA) is 66.2 Å². The molecule has 0 saturated heterocycles. The van der Waals surface area contributed by atoms with Gasteiger partial charge in [0.1, 0.15) is 12.3 Å². The summed E-state index contributed by atoms with van der Waals surface area (Å²) in [4.78, 5) is 19.9. The zero-order chi connectivity index (χ0) is 21.1. The van der Waals surface area contributed by atoms with E-state index in [4.69, 9.17) is 15.0 Å². The second-order valence-electron chi connectivity index (χ2n) is 7.25. The molecule has 0 unspecified atom stereocenters. The number of carbonyl (C=O) groups excluding carboxylic acids is 1. The van der Waals surface area contributed by atoms with Gasteiger partial charge in [0.2, 0.25) is 0 Å². The van der Waals surface area contributed by atoms with E-state index < -0.39 is 0 Å². The van der Waals surface area contributed by atoms with Crippen molar-refractivity contribution >= 4 is 28.5 Å². The van der Waals surface area contributed by atoms with Gasteiger partial charge >= 0.3 is 0 Å². The molecule has 30 heavy (non-hydrogen) atoms. The highest BCUT2D eigenvalue weighted by Crippen LogP contribution is 2.38. The van der Waals surface area contributed by atoms with Crippen LogP contribution in [-0.2, 0) is 6.42 Å². The van der Waals surface area contributed by atoms with Crippen LogP contribution in [0.5, 0.6) is 5.75 Å². The predicted molar refractivity (Wildman–Crippen MR) is 118 cm³/mol. The first kappa shape index (κ1) is 19.7. The summed E-state index contributed by atoms with van der Waals surface area (Å²) in [6.45, 7) is 2.47. The van der Waals surface area contributed by atoms with E-state index in [0.717, 1.165) is 51.9 Å². The number of carbonyl (C=O) groups is 1. The lowest BCUT2D eigenvalue weighted by Crippen LogP contribution is -2.32. The Morgan fingerprint density at radius 2 is 1.97 bits per heavy atom. The van der Waals surface area contributed by atoms with Crippen molar-refractivity contribution in [3.05, 3.63) is 70.9 Å². The lowest BCUT2D eigenvalue weighted by molar-refractivity contribution is 0.0785. The first-order chi connectivity index (χ1) is 14.7. The Balaban J connectivity index is 1.85. The van der Waals surface area contributed by atoms with Crippen LogP contribution >= 0.6 is 0 Å². The van der Waals surface area contributed by atoms with Gasteiger partial charge in [0.25, 0.3) is 5.91 Å². The van der Waals surface area contributed by atoms with Crippen LogP contribution in [0.25, 0.3) is 22.6 Å². The molecule has 4 rings (SSSR count). The maximum Gasteiger partial charge on any atom is 0.255 e. The molecule has 1 aromatic heterocycles. The second kappa shape index (κ2) is 8.38. The number of benzene rings is 2. The third-order valence-electron chi connectivity index (χ3n) is 5.54. The van der Waals surface area contributed by atoms with E-state index in [-0.39, 0.29) is 12.5 Å². The summed E-state index contributed by atoms with van der Waals surface area (Å²) < 4.78 is 5.24. The molecule has 0 spiro atoms. The number of methoxy groups -OCH3 is 1. The maximum absolute atomic E-state index is 13.4. The average molecular weight is 397 g/mol. The minimum atomic E-state index is -0.0976. The molecular formula is C25H23N3O2. The van der Waals surface area contributed by atoms with Crippen molar-refractivity contribution in [1.29, 1.82) is 5.26 Å². The highest BCUT2D eigenvalue weighted by atomic mass is 16.5. The lowest BCUT2D eigenvalue weighted by Gasteiger charge is -2.20. The Hall–Kier alpha value is -3.65. The molecule has 0 atom stereocenters. The van der Waals surface area contributed by atoms with E-state index in [0.29, 0.717) is 12.1 Å². The summed E-state index contributed by atoms with van der Waals surface area (Å²) in [6.07, 6.45) is 3.73. The van der Waals surface area contributed by atoms with Gasteiger partial charge in [-0.2, -0.15) is 5.26 Å². The van der Waals surface area contributed by atoms with E-state index >= 15 is 0 Å². The van der Waals surface area contributed by atoms with Crippen molar-refractivity contribution in [2.75, 3.05) is 20.2 Å². The van der Waals surface area contributed by atoms with E-state index in [1.54, 1.807) is 12.0 Å². The molecule has 0 aliphatic heterocycles. The van der Waals surface area contributed by atoms with Gasteiger partial charge in [0.15, 0.2) is 0 Å². The van der Waals surface area contributed by atoms with Gasteiger partial charge in [-0.3, -0.25) is 4.79 Å². The van der Waals surface area contributed by atoms with Crippen molar-refractivity contribution < 1.29 is 9.53 Å². The normalized spacial score (nSPS) is 13.8. The summed E-state index contributed by atoms with van der Waals surface area (Å²) >= 11 is 0. The molecular weight excluding hydrogens is 374 g/mol.